The van der Waals surface area contributed by atoms with E-state index in [1.54, 1.807) is 0 Å². The third-order valence-electron chi connectivity index (χ3n) is 4.04. The summed E-state index contributed by atoms with van der Waals surface area (Å²) in [6, 6.07) is 9.88. The molecule has 0 amide bonds. The first-order chi connectivity index (χ1) is 9.82. The fourth-order valence-corrected chi connectivity index (χ4v) is 2.73. The second-order valence-corrected chi connectivity index (χ2v) is 7.77. The van der Waals surface area contributed by atoms with E-state index in [4.69, 9.17) is 0 Å². The molecule has 0 saturated carbocycles. The normalized spacial score (nSPS) is 13.7. The van der Waals surface area contributed by atoms with E-state index < -0.39 is 0 Å². The summed E-state index contributed by atoms with van der Waals surface area (Å²) in [4.78, 5) is 0. The lowest BCUT2D eigenvalue weighted by molar-refractivity contribution is 0.398. The SMILES string of the molecule is CCCNC(CCc1ccc(C(C)(C)C)cc1)CC(C)C. The van der Waals surface area contributed by atoms with E-state index in [0.29, 0.717) is 6.04 Å². The molecule has 1 aromatic rings. The predicted molar refractivity (Wildman–Crippen MR) is 95.0 cm³/mol. The number of hydrogen-bond acceptors (Lipinski definition) is 1. The largest absolute Gasteiger partial charge is 0.314 e. The molecule has 0 bridgehead atoms. The van der Waals surface area contributed by atoms with Crippen molar-refractivity contribution in [1.82, 2.24) is 5.32 Å². The maximum atomic E-state index is 3.71. The second kappa shape index (κ2) is 8.58. The molecule has 0 aliphatic rings. The van der Waals surface area contributed by atoms with Crippen LogP contribution in [-0.4, -0.2) is 12.6 Å². The highest BCUT2D eigenvalue weighted by Gasteiger charge is 2.13. The molecule has 0 saturated heterocycles. The van der Waals surface area contributed by atoms with Gasteiger partial charge in [-0.05, 0) is 54.7 Å². The molecule has 1 unspecified atom stereocenters. The molecule has 0 fully saturated rings. The van der Waals surface area contributed by atoms with Crippen LogP contribution in [0.5, 0.6) is 0 Å². The summed E-state index contributed by atoms with van der Waals surface area (Å²) in [5.74, 6) is 0.766. The van der Waals surface area contributed by atoms with Gasteiger partial charge in [-0.2, -0.15) is 0 Å². The fourth-order valence-electron chi connectivity index (χ4n) is 2.73. The second-order valence-electron chi connectivity index (χ2n) is 7.77. The van der Waals surface area contributed by atoms with E-state index >= 15 is 0 Å². The number of aryl methyl sites for hydroxylation is 1. The molecule has 1 heteroatoms. The molecule has 0 aromatic heterocycles. The summed E-state index contributed by atoms with van der Waals surface area (Å²) in [6.45, 7) is 14.8. The Hall–Kier alpha value is -0.820. The van der Waals surface area contributed by atoms with Crippen LogP contribution < -0.4 is 5.32 Å². The van der Waals surface area contributed by atoms with Crippen LogP contribution in [0, 0.1) is 5.92 Å². The van der Waals surface area contributed by atoms with E-state index in [9.17, 15) is 0 Å². The van der Waals surface area contributed by atoms with Gasteiger partial charge < -0.3 is 5.32 Å². The molecule has 1 aromatic carbocycles. The van der Waals surface area contributed by atoms with Crippen molar-refractivity contribution in [1.29, 1.82) is 0 Å². The van der Waals surface area contributed by atoms with Crippen molar-refractivity contribution in [2.45, 2.75) is 78.7 Å². The Morgan fingerprint density at radius 3 is 2.14 bits per heavy atom. The van der Waals surface area contributed by atoms with Crippen molar-refractivity contribution in [3.05, 3.63) is 35.4 Å². The van der Waals surface area contributed by atoms with Crippen molar-refractivity contribution in [2.75, 3.05) is 6.54 Å². The third kappa shape index (κ3) is 7.13. The van der Waals surface area contributed by atoms with Crippen molar-refractivity contribution >= 4 is 0 Å². The van der Waals surface area contributed by atoms with Crippen molar-refractivity contribution in [3.63, 3.8) is 0 Å². The molecule has 0 spiro atoms. The number of nitrogens with one attached hydrogen (secondary N) is 1. The highest BCUT2D eigenvalue weighted by atomic mass is 14.9. The number of hydrogen-bond donors (Lipinski definition) is 1. The van der Waals surface area contributed by atoms with Gasteiger partial charge in [0.2, 0.25) is 0 Å². The van der Waals surface area contributed by atoms with Gasteiger partial charge in [0.15, 0.2) is 0 Å². The third-order valence-corrected chi connectivity index (χ3v) is 4.04. The van der Waals surface area contributed by atoms with Crippen LogP contribution in [0.2, 0.25) is 0 Å². The molecular formula is C20H35N. The minimum atomic E-state index is 0.251. The van der Waals surface area contributed by atoms with E-state index in [0.717, 1.165) is 12.5 Å². The standard InChI is InChI=1S/C20H35N/c1-7-14-21-19(15-16(2)3)13-10-17-8-11-18(12-9-17)20(4,5)6/h8-9,11-12,16,19,21H,7,10,13-15H2,1-6H3. The molecular weight excluding hydrogens is 254 g/mol. The summed E-state index contributed by atoms with van der Waals surface area (Å²) in [5, 5.41) is 3.71. The summed E-state index contributed by atoms with van der Waals surface area (Å²) in [6.07, 6.45) is 4.92. The van der Waals surface area contributed by atoms with Crippen LogP contribution in [0.15, 0.2) is 24.3 Å². The van der Waals surface area contributed by atoms with Gasteiger partial charge in [0, 0.05) is 6.04 Å². The Morgan fingerprint density at radius 1 is 1.05 bits per heavy atom. The molecule has 1 nitrogen and oxygen atoms in total. The van der Waals surface area contributed by atoms with Gasteiger partial charge in [-0.25, -0.2) is 0 Å². The van der Waals surface area contributed by atoms with Crippen LogP contribution in [0.25, 0.3) is 0 Å². The molecule has 1 atom stereocenters. The summed E-state index contributed by atoms with van der Waals surface area (Å²) in [5.41, 5.74) is 3.14. The summed E-state index contributed by atoms with van der Waals surface area (Å²) in [7, 11) is 0. The topological polar surface area (TPSA) is 12.0 Å². The van der Waals surface area contributed by atoms with Crippen LogP contribution >= 0.6 is 0 Å². The molecule has 0 heterocycles. The highest BCUT2D eigenvalue weighted by molar-refractivity contribution is 5.27. The average molecular weight is 290 g/mol. The first-order valence-electron chi connectivity index (χ1n) is 8.65. The highest BCUT2D eigenvalue weighted by Crippen LogP contribution is 2.22. The fraction of sp³-hybridized carbons (Fsp3) is 0.700. The first kappa shape index (κ1) is 18.2. The summed E-state index contributed by atoms with van der Waals surface area (Å²) < 4.78 is 0. The average Bonchev–Trinajstić information content (AvgIpc) is 2.41. The van der Waals surface area contributed by atoms with Crippen molar-refractivity contribution < 1.29 is 0 Å². The van der Waals surface area contributed by atoms with Crippen LogP contribution in [0.4, 0.5) is 0 Å². The Labute approximate surface area is 132 Å². The summed E-state index contributed by atoms with van der Waals surface area (Å²) >= 11 is 0. The molecule has 1 N–H and O–H groups in total. The maximum Gasteiger partial charge on any atom is 0.00726 e. The smallest absolute Gasteiger partial charge is 0.00726 e. The van der Waals surface area contributed by atoms with Crippen LogP contribution in [-0.2, 0) is 11.8 Å². The van der Waals surface area contributed by atoms with Gasteiger partial charge in [0.1, 0.15) is 0 Å². The van der Waals surface area contributed by atoms with Gasteiger partial charge in [-0.1, -0.05) is 65.8 Å². The zero-order valence-electron chi connectivity index (χ0n) is 15.0. The van der Waals surface area contributed by atoms with Crippen molar-refractivity contribution in [3.8, 4) is 0 Å². The maximum absolute atomic E-state index is 3.71. The minimum absolute atomic E-state index is 0.251. The Morgan fingerprint density at radius 2 is 1.67 bits per heavy atom. The number of benzene rings is 1. The zero-order valence-corrected chi connectivity index (χ0v) is 15.0. The quantitative estimate of drug-likeness (QED) is 0.682. The minimum Gasteiger partial charge on any atom is -0.314 e. The first-order valence-corrected chi connectivity index (χ1v) is 8.65. The van der Waals surface area contributed by atoms with Gasteiger partial charge in [0.25, 0.3) is 0 Å². The molecule has 0 aliphatic carbocycles. The Balaban J connectivity index is 2.54. The van der Waals surface area contributed by atoms with E-state index in [2.05, 4.69) is 71.1 Å². The molecule has 21 heavy (non-hydrogen) atoms. The van der Waals surface area contributed by atoms with E-state index in [-0.39, 0.29) is 5.41 Å². The molecule has 0 radical (unpaired) electrons. The lowest BCUT2D eigenvalue weighted by Gasteiger charge is -2.21. The van der Waals surface area contributed by atoms with Gasteiger partial charge in [-0.15, -0.1) is 0 Å². The molecule has 1 rings (SSSR count). The van der Waals surface area contributed by atoms with Gasteiger partial charge in [0.05, 0.1) is 0 Å². The van der Waals surface area contributed by atoms with E-state index in [1.807, 2.05) is 0 Å². The Kier molecular flexibility index (Phi) is 7.45. The zero-order chi connectivity index (χ0) is 15.9. The lowest BCUT2D eigenvalue weighted by Crippen LogP contribution is -2.31. The predicted octanol–water partition coefficient (Wildman–Crippen LogP) is 5.33. The van der Waals surface area contributed by atoms with Crippen molar-refractivity contribution in [2.24, 2.45) is 5.92 Å². The van der Waals surface area contributed by atoms with E-state index in [1.165, 1.54) is 36.8 Å². The number of rotatable bonds is 8. The van der Waals surface area contributed by atoms with Crippen LogP contribution in [0.1, 0.15) is 71.9 Å². The Bertz CT molecular complexity index is 383. The van der Waals surface area contributed by atoms with Crippen LogP contribution in [0.3, 0.4) is 0 Å². The lowest BCUT2D eigenvalue weighted by atomic mass is 9.86. The molecule has 120 valence electrons. The van der Waals surface area contributed by atoms with Gasteiger partial charge >= 0.3 is 0 Å². The monoisotopic (exact) mass is 289 g/mol. The molecule has 0 aliphatic heterocycles. The van der Waals surface area contributed by atoms with Gasteiger partial charge in [-0.3, -0.25) is 0 Å².